The molecule has 0 aliphatic rings. The third kappa shape index (κ3) is 2.05. The molecule has 0 fully saturated rings. The molecule has 0 heterocycles. The molecule has 1 unspecified atom stereocenters. The summed E-state index contributed by atoms with van der Waals surface area (Å²) in [5.74, 6) is -1.66. The third-order valence-electron chi connectivity index (χ3n) is 1.90. The highest BCUT2D eigenvalue weighted by atomic mass is 19.1. The van der Waals surface area contributed by atoms with Crippen molar-refractivity contribution in [3.63, 3.8) is 0 Å². The molecule has 0 saturated heterocycles. The van der Waals surface area contributed by atoms with Gasteiger partial charge in [0.05, 0.1) is 5.56 Å². The van der Waals surface area contributed by atoms with Gasteiger partial charge in [0.25, 0.3) is 5.91 Å². The molecule has 5 heteroatoms. The molecular formula is C9H11F2N2O+. The second-order valence-corrected chi connectivity index (χ2v) is 2.83. The van der Waals surface area contributed by atoms with Crippen molar-refractivity contribution in [3.8, 4) is 0 Å². The van der Waals surface area contributed by atoms with Crippen molar-refractivity contribution in [1.29, 1.82) is 0 Å². The summed E-state index contributed by atoms with van der Waals surface area (Å²) >= 11 is 0. The normalized spacial score (nSPS) is 12.3. The molecule has 0 aliphatic heterocycles. The minimum absolute atomic E-state index is 0.0376. The zero-order chi connectivity index (χ0) is 10.7. The van der Waals surface area contributed by atoms with Crippen molar-refractivity contribution in [2.75, 3.05) is 7.05 Å². The van der Waals surface area contributed by atoms with Crippen LogP contribution in [-0.4, -0.2) is 13.0 Å². The number of halogens is 2. The fourth-order valence-corrected chi connectivity index (χ4v) is 1.10. The predicted molar refractivity (Wildman–Crippen MR) is 46.1 cm³/mol. The molecule has 0 spiro atoms. The first-order valence-corrected chi connectivity index (χ1v) is 4.06. The smallest absolute Gasteiger partial charge is 0.282 e. The zero-order valence-electron chi connectivity index (χ0n) is 7.68. The van der Waals surface area contributed by atoms with Crippen molar-refractivity contribution in [2.45, 2.75) is 6.04 Å². The fourth-order valence-electron chi connectivity index (χ4n) is 1.10. The molecule has 1 rings (SSSR count). The van der Waals surface area contributed by atoms with Gasteiger partial charge in [0.2, 0.25) is 0 Å². The Labute approximate surface area is 79.9 Å². The summed E-state index contributed by atoms with van der Waals surface area (Å²) in [6.45, 7) is 0. The third-order valence-corrected chi connectivity index (χ3v) is 1.90. The monoisotopic (exact) mass is 201 g/mol. The van der Waals surface area contributed by atoms with Crippen molar-refractivity contribution >= 4 is 5.91 Å². The first kappa shape index (κ1) is 10.6. The molecule has 3 nitrogen and oxygen atoms in total. The lowest BCUT2D eigenvalue weighted by Crippen LogP contribution is -2.60. The zero-order valence-corrected chi connectivity index (χ0v) is 7.68. The van der Waals surface area contributed by atoms with E-state index in [0.29, 0.717) is 0 Å². The number of hydrogen-bond donors (Lipinski definition) is 2. The summed E-state index contributed by atoms with van der Waals surface area (Å²) in [6.07, 6.45) is 0. The van der Waals surface area contributed by atoms with Crippen molar-refractivity contribution in [2.24, 2.45) is 0 Å². The topological polar surface area (TPSA) is 56.7 Å². The van der Waals surface area contributed by atoms with E-state index in [1.807, 2.05) is 0 Å². The Hall–Kier alpha value is -1.49. The number of carbonyl (C=O) groups is 1. The van der Waals surface area contributed by atoms with Crippen LogP contribution < -0.4 is 11.1 Å². The maximum absolute atomic E-state index is 13.1. The van der Waals surface area contributed by atoms with E-state index in [0.717, 1.165) is 18.2 Å². The summed E-state index contributed by atoms with van der Waals surface area (Å²) in [6, 6.07) is 2.01. The number of likely N-dealkylation sites (N-methyl/N-ethyl adjacent to an activating group) is 1. The number of carbonyl (C=O) groups excluding carboxylic acids is 1. The molecule has 0 aromatic heterocycles. The van der Waals surface area contributed by atoms with Crippen molar-refractivity contribution < 1.29 is 19.3 Å². The molecule has 0 aliphatic carbocycles. The molecule has 0 bridgehead atoms. The van der Waals surface area contributed by atoms with E-state index < -0.39 is 23.6 Å². The van der Waals surface area contributed by atoms with E-state index in [9.17, 15) is 13.6 Å². The van der Waals surface area contributed by atoms with Gasteiger partial charge in [-0.15, -0.1) is 0 Å². The molecule has 14 heavy (non-hydrogen) atoms. The average Bonchev–Trinajstić information content (AvgIpc) is 2.19. The van der Waals surface area contributed by atoms with Crippen LogP contribution in [0.5, 0.6) is 0 Å². The van der Waals surface area contributed by atoms with Crippen molar-refractivity contribution in [3.05, 3.63) is 35.4 Å². The molecule has 0 radical (unpaired) electrons. The number of quaternary nitrogens is 1. The van der Waals surface area contributed by atoms with Crippen LogP contribution in [0.3, 0.4) is 0 Å². The van der Waals surface area contributed by atoms with Crippen LogP contribution in [0.1, 0.15) is 11.6 Å². The molecule has 1 aromatic rings. The molecule has 4 N–H and O–H groups in total. The summed E-state index contributed by atoms with van der Waals surface area (Å²) in [4.78, 5) is 11.1. The number of hydrogen-bond acceptors (Lipinski definition) is 1. The predicted octanol–water partition coefficient (Wildman–Crippen LogP) is -0.00620. The second-order valence-electron chi connectivity index (χ2n) is 2.83. The Morgan fingerprint density at radius 1 is 1.50 bits per heavy atom. The van der Waals surface area contributed by atoms with Crippen LogP contribution in [0.4, 0.5) is 8.78 Å². The van der Waals surface area contributed by atoms with E-state index in [-0.39, 0.29) is 5.56 Å². The Balaban J connectivity index is 3.05. The Morgan fingerprint density at radius 3 is 2.71 bits per heavy atom. The van der Waals surface area contributed by atoms with Crippen LogP contribution in [0.25, 0.3) is 0 Å². The summed E-state index contributed by atoms with van der Waals surface area (Å²) in [5.41, 5.74) is 3.42. The molecular weight excluding hydrogens is 190 g/mol. The summed E-state index contributed by atoms with van der Waals surface area (Å²) in [5, 5.41) is 2.32. The van der Waals surface area contributed by atoms with Crippen LogP contribution >= 0.6 is 0 Å². The van der Waals surface area contributed by atoms with Gasteiger partial charge in [-0.05, 0) is 18.2 Å². The van der Waals surface area contributed by atoms with Gasteiger partial charge in [0.15, 0.2) is 6.04 Å². The largest absolute Gasteiger partial charge is 0.354 e. The number of rotatable bonds is 2. The Morgan fingerprint density at radius 2 is 2.14 bits per heavy atom. The van der Waals surface area contributed by atoms with E-state index in [4.69, 9.17) is 0 Å². The lowest BCUT2D eigenvalue weighted by Gasteiger charge is -2.07. The highest BCUT2D eigenvalue weighted by molar-refractivity contribution is 5.81. The molecule has 1 atom stereocenters. The fraction of sp³-hybridized carbons (Fsp3) is 0.222. The quantitative estimate of drug-likeness (QED) is 0.695. The maximum Gasteiger partial charge on any atom is 0.282 e. The van der Waals surface area contributed by atoms with Gasteiger partial charge in [-0.1, -0.05) is 0 Å². The summed E-state index contributed by atoms with van der Waals surface area (Å²) in [7, 11) is 1.41. The molecule has 1 amide bonds. The van der Waals surface area contributed by atoms with Gasteiger partial charge in [-0.25, -0.2) is 8.78 Å². The highest BCUT2D eigenvalue weighted by Crippen LogP contribution is 2.15. The number of nitrogens with one attached hydrogen (secondary N) is 1. The number of benzene rings is 1. The van der Waals surface area contributed by atoms with E-state index in [1.165, 1.54) is 7.05 Å². The van der Waals surface area contributed by atoms with Crippen LogP contribution in [0.15, 0.2) is 18.2 Å². The van der Waals surface area contributed by atoms with Crippen LogP contribution in [0.2, 0.25) is 0 Å². The van der Waals surface area contributed by atoms with E-state index >= 15 is 0 Å². The highest BCUT2D eigenvalue weighted by Gasteiger charge is 2.22. The minimum Gasteiger partial charge on any atom is -0.354 e. The first-order chi connectivity index (χ1) is 6.56. The molecule has 76 valence electrons. The van der Waals surface area contributed by atoms with E-state index in [2.05, 4.69) is 11.1 Å². The van der Waals surface area contributed by atoms with Gasteiger partial charge in [-0.3, -0.25) is 4.79 Å². The first-order valence-electron chi connectivity index (χ1n) is 4.06. The Bertz CT molecular complexity index is 355. The standard InChI is InChI=1S/C9H10F2N2O/c1-13-9(14)8(12)6-4-5(10)2-3-7(6)11/h2-4,8H,12H2,1H3,(H,13,14)/p+1. The summed E-state index contributed by atoms with van der Waals surface area (Å²) < 4.78 is 25.9. The van der Waals surface area contributed by atoms with Gasteiger partial charge in [0, 0.05) is 7.05 Å². The lowest BCUT2D eigenvalue weighted by atomic mass is 10.1. The van der Waals surface area contributed by atoms with Gasteiger partial charge >= 0.3 is 0 Å². The van der Waals surface area contributed by atoms with E-state index in [1.54, 1.807) is 0 Å². The SMILES string of the molecule is CNC(=O)C([NH3+])c1cc(F)ccc1F. The Kier molecular flexibility index (Phi) is 3.14. The van der Waals surface area contributed by atoms with Gasteiger partial charge in [0.1, 0.15) is 11.6 Å². The maximum atomic E-state index is 13.1. The molecule has 1 aromatic carbocycles. The van der Waals surface area contributed by atoms with Gasteiger partial charge < -0.3 is 11.1 Å². The molecule has 0 saturated carbocycles. The van der Waals surface area contributed by atoms with Crippen LogP contribution in [-0.2, 0) is 4.79 Å². The minimum atomic E-state index is -0.935. The lowest BCUT2D eigenvalue weighted by molar-refractivity contribution is -0.410. The van der Waals surface area contributed by atoms with Crippen LogP contribution in [0, 0.1) is 11.6 Å². The second kappa shape index (κ2) is 4.15. The van der Waals surface area contributed by atoms with Crippen molar-refractivity contribution in [1.82, 2.24) is 5.32 Å². The average molecular weight is 201 g/mol. The van der Waals surface area contributed by atoms with Gasteiger partial charge in [-0.2, -0.15) is 0 Å². The number of amides is 1.